The smallest absolute Gasteiger partial charge is 0.239 e. The van der Waals surface area contributed by atoms with E-state index >= 15 is 0 Å². The Balaban J connectivity index is 2.45. The number of likely N-dealkylation sites (N-methyl/N-ethyl adjacent to an activating group) is 1. The number of piperazine rings is 1. The largest absolute Gasteiger partial charge is 0.338 e. The molecule has 1 atom stereocenters. The van der Waals surface area contributed by atoms with Crippen molar-refractivity contribution >= 4 is 11.8 Å². The van der Waals surface area contributed by atoms with E-state index in [1.165, 1.54) is 0 Å². The molecule has 0 radical (unpaired) electrons. The number of carbonyl (C=O) groups excluding carboxylic acids is 2. The van der Waals surface area contributed by atoms with E-state index in [1.807, 2.05) is 37.7 Å². The van der Waals surface area contributed by atoms with E-state index in [-0.39, 0.29) is 17.7 Å². The zero-order chi connectivity index (χ0) is 14.6. The maximum atomic E-state index is 12.1. The molecule has 6 heteroatoms. The molecular weight excluding hydrogens is 244 g/mol. The Labute approximate surface area is 115 Å². The summed E-state index contributed by atoms with van der Waals surface area (Å²) in [6.07, 6.45) is 0. The zero-order valence-corrected chi connectivity index (χ0v) is 12.4. The molecule has 0 aromatic heterocycles. The van der Waals surface area contributed by atoms with Crippen molar-refractivity contribution in [3.8, 4) is 0 Å². The molecule has 19 heavy (non-hydrogen) atoms. The fraction of sp³-hybridized carbons (Fsp3) is 0.846. The normalized spacial score (nSPS) is 18.1. The van der Waals surface area contributed by atoms with E-state index in [4.69, 9.17) is 5.73 Å². The minimum absolute atomic E-state index is 0.00490. The highest BCUT2D eigenvalue weighted by molar-refractivity contribution is 5.82. The maximum Gasteiger partial charge on any atom is 0.239 e. The molecule has 0 bridgehead atoms. The van der Waals surface area contributed by atoms with E-state index in [1.54, 1.807) is 4.90 Å². The summed E-state index contributed by atoms with van der Waals surface area (Å²) in [5.74, 6) is 0.251. The van der Waals surface area contributed by atoms with Crippen molar-refractivity contribution in [2.24, 2.45) is 11.7 Å². The number of nitrogens with two attached hydrogens (primary N) is 1. The number of carbonyl (C=O) groups is 2. The molecule has 1 aliphatic rings. The maximum absolute atomic E-state index is 12.1. The lowest BCUT2D eigenvalue weighted by Gasteiger charge is -2.36. The van der Waals surface area contributed by atoms with Crippen LogP contribution in [0.1, 0.15) is 13.8 Å². The molecule has 1 rings (SSSR count). The topological polar surface area (TPSA) is 69.9 Å². The number of amides is 2. The average molecular weight is 270 g/mol. The molecule has 0 unspecified atom stereocenters. The lowest BCUT2D eigenvalue weighted by molar-refractivity contribution is -0.141. The quantitative estimate of drug-likeness (QED) is 0.726. The Kier molecular flexibility index (Phi) is 5.75. The summed E-state index contributed by atoms with van der Waals surface area (Å²) < 4.78 is 0. The van der Waals surface area contributed by atoms with Gasteiger partial charge in [0, 0.05) is 26.2 Å². The average Bonchev–Trinajstić information content (AvgIpc) is 2.36. The van der Waals surface area contributed by atoms with Gasteiger partial charge in [-0.25, -0.2) is 0 Å². The lowest BCUT2D eigenvalue weighted by atomic mass is 10.0. The molecule has 0 aromatic rings. The highest BCUT2D eigenvalue weighted by Crippen LogP contribution is 2.08. The zero-order valence-electron chi connectivity index (χ0n) is 12.4. The third-order valence-electron chi connectivity index (χ3n) is 3.40. The fourth-order valence-corrected chi connectivity index (χ4v) is 2.04. The highest BCUT2D eigenvalue weighted by atomic mass is 16.2. The molecule has 2 N–H and O–H groups in total. The first-order valence-electron chi connectivity index (χ1n) is 6.79. The second kappa shape index (κ2) is 6.86. The molecule has 0 aromatic carbocycles. The second-order valence-corrected chi connectivity index (χ2v) is 5.71. The van der Waals surface area contributed by atoms with Gasteiger partial charge >= 0.3 is 0 Å². The van der Waals surface area contributed by atoms with E-state index in [0.29, 0.717) is 32.7 Å². The van der Waals surface area contributed by atoms with Gasteiger partial charge in [-0.3, -0.25) is 9.59 Å². The van der Waals surface area contributed by atoms with Crippen LogP contribution in [0.3, 0.4) is 0 Å². The Morgan fingerprint density at radius 3 is 2.00 bits per heavy atom. The Morgan fingerprint density at radius 1 is 1.11 bits per heavy atom. The third-order valence-corrected chi connectivity index (χ3v) is 3.40. The van der Waals surface area contributed by atoms with Gasteiger partial charge in [0.1, 0.15) is 0 Å². The summed E-state index contributed by atoms with van der Waals surface area (Å²) in [6.45, 7) is 6.67. The minimum atomic E-state index is -0.441. The van der Waals surface area contributed by atoms with E-state index < -0.39 is 6.04 Å². The number of nitrogens with zero attached hydrogens (tertiary/aromatic N) is 3. The first kappa shape index (κ1) is 15.9. The molecule has 0 saturated carbocycles. The predicted octanol–water partition coefficient (Wildman–Crippen LogP) is -0.798. The van der Waals surface area contributed by atoms with E-state index in [9.17, 15) is 9.59 Å². The molecule has 6 nitrogen and oxygen atoms in total. The van der Waals surface area contributed by atoms with Crippen LogP contribution in [-0.4, -0.2) is 79.4 Å². The Hall–Kier alpha value is -1.14. The van der Waals surface area contributed by atoms with Crippen LogP contribution in [0, 0.1) is 5.92 Å². The van der Waals surface area contributed by atoms with Crippen LogP contribution in [0.2, 0.25) is 0 Å². The Bertz CT molecular complexity index is 323. The third kappa shape index (κ3) is 4.47. The summed E-state index contributed by atoms with van der Waals surface area (Å²) in [6, 6.07) is -0.441. The summed E-state index contributed by atoms with van der Waals surface area (Å²) in [4.78, 5) is 29.4. The molecule has 1 fully saturated rings. The molecule has 1 heterocycles. The van der Waals surface area contributed by atoms with Crippen LogP contribution < -0.4 is 5.73 Å². The summed E-state index contributed by atoms with van der Waals surface area (Å²) >= 11 is 0. The summed E-state index contributed by atoms with van der Waals surface area (Å²) in [7, 11) is 3.75. The number of hydrogen-bond donors (Lipinski definition) is 1. The highest BCUT2D eigenvalue weighted by Gasteiger charge is 2.28. The first-order chi connectivity index (χ1) is 8.82. The van der Waals surface area contributed by atoms with Gasteiger partial charge < -0.3 is 20.4 Å². The molecule has 1 saturated heterocycles. The number of rotatable bonds is 4. The van der Waals surface area contributed by atoms with Crippen LogP contribution in [0.4, 0.5) is 0 Å². The van der Waals surface area contributed by atoms with Gasteiger partial charge in [0.05, 0.1) is 12.6 Å². The van der Waals surface area contributed by atoms with Gasteiger partial charge in [0.25, 0.3) is 0 Å². The van der Waals surface area contributed by atoms with Crippen LogP contribution in [0.15, 0.2) is 0 Å². The van der Waals surface area contributed by atoms with Gasteiger partial charge in [-0.15, -0.1) is 0 Å². The molecule has 110 valence electrons. The second-order valence-electron chi connectivity index (χ2n) is 5.71. The van der Waals surface area contributed by atoms with Crippen molar-refractivity contribution in [1.82, 2.24) is 14.7 Å². The van der Waals surface area contributed by atoms with Crippen LogP contribution in [0.25, 0.3) is 0 Å². The summed E-state index contributed by atoms with van der Waals surface area (Å²) in [5.41, 5.74) is 5.87. The minimum Gasteiger partial charge on any atom is -0.338 e. The van der Waals surface area contributed by atoms with Crippen molar-refractivity contribution in [2.45, 2.75) is 19.9 Å². The molecule has 2 amide bonds. The van der Waals surface area contributed by atoms with Crippen LogP contribution in [0.5, 0.6) is 0 Å². The van der Waals surface area contributed by atoms with Gasteiger partial charge in [-0.05, 0) is 20.0 Å². The SMILES string of the molecule is CC(C)[C@H](N)C(=O)N1CCN(C(=O)CN(C)C)CC1. The van der Waals surface area contributed by atoms with Gasteiger partial charge in [-0.1, -0.05) is 13.8 Å². The van der Waals surface area contributed by atoms with Gasteiger partial charge in [0.15, 0.2) is 0 Å². The predicted molar refractivity (Wildman–Crippen MR) is 74.5 cm³/mol. The molecule has 0 spiro atoms. The van der Waals surface area contributed by atoms with Gasteiger partial charge in [0.2, 0.25) is 11.8 Å². The van der Waals surface area contributed by atoms with Crippen molar-refractivity contribution in [3.05, 3.63) is 0 Å². The molecule has 1 aliphatic heterocycles. The van der Waals surface area contributed by atoms with E-state index in [0.717, 1.165) is 0 Å². The Morgan fingerprint density at radius 2 is 1.58 bits per heavy atom. The van der Waals surface area contributed by atoms with Gasteiger partial charge in [-0.2, -0.15) is 0 Å². The van der Waals surface area contributed by atoms with Crippen LogP contribution >= 0.6 is 0 Å². The first-order valence-corrected chi connectivity index (χ1v) is 6.79. The van der Waals surface area contributed by atoms with E-state index in [2.05, 4.69) is 0 Å². The molecular formula is C13H26N4O2. The monoisotopic (exact) mass is 270 g/mol. The van der Waals surface area contributed by atoms with Crippen LogP contribution in [-0.2, 0) is 9.59 Å². The molecule has 0 aliphatic carbocycles. The van der Waals surface area contributed by atoms with Crippen molar-refractivity contribution in [1.29, 1.82) is 0 Å². The number of hydrogen-bond acceptors (Lipinski definition) is 4. The van der Waals surface area contributed by atoms with Crippen molar-refractivity contribution < 1.29 is 9.59 Å². The lowest BCUT2D eigenvalue weighted by Crippen LogP contribution is -2.56. The standard InChI is InChI=1S/C13H26N4O2/c1-10(2)12(14)13(19)17-7-5-16(6-8-17)11(18)9-15(3)4/h10,12H,5-9,14H2,1-4H3/t12-/m0/s1. The van der Waals surface area contributed by atoms with Crippen molar-refractivity contribution in [2.75, 3.05) is 46.8 Å². The fourth-order valence-electron chi connectivity index (χ4n) is 2.04. The van der Waals surface area contributed by atoms with Crippen molar-refractivity contribution in [3.63, 3.8) is 0 Å². The summed E-state index contributed by atoms with van der Waals surface area (Å²) in [5, 5.41) is 0.